The minimum absolute atomic E-state index is 0.0796. The number of amides is 2. The van der Waals surface area contributed by atoms with Crippen molar-refractivity contribution < 1.29 is 9.59 Å². The van der Waals surface area contributed by atoms with E-state index in [0.717, 1.165) is 27.8 Å². The summed E-state index contributed by atoms with van der Waals surface area (Å²) in [5.74, 6) is 0.601. The molecule has 0 bridgehead atoms. The first-order valence-corrected chi connectivity index (χ1v) is 10.2. The molecule has 0 radical (unpaired) electrons. The Labute approximate surface area is 180 Å². The first-order chi connectivity index (χ1) is 14.9. The number of aromatic nitrogens is 3. The minimum Gasteiger partial charge on any atom is -0.382 e. The highest BCUT2D eigenvalue weighted by atomic mass is 16.2. The molecule has 1 saturated heterocycles. The fraction of sp³-hybridized carbons (Fsp3) is 0.318. The van der Waals surface area contributed by atoms with Crippen molar-refractivity contribution in [2.75, 3.05) is 36.8 Å². The largest absolute Gasteiger partial charge is 0.382 e. The van der Waals surface area contributed by atoms with Gasteiger partial charge in [0, 0.05) is 63.0 Å². The van der Waals surface area contributed by atoms with E-state index in [1.807, 2.05) is 30.0 Å². The van der Waals surface area contributed by atoms with Crippen molar-refractivity contribution >= 4 is 34.4 Å². The standard InChI is InChI=1S/C22H25N7O2/c1-14-4-3-5-16-12-17(13-26-22(31)19-20(23)25-7-6-24-19)21(27-18(14)16)29-10-8-28(9-11-29)15(2)30/h3-7,12H,8-11,13H2,1-2H3,(H2,23,25)(H,26,31). The van der Waals surface area contributed by atoms with Crippen LogP contribution < -0.4 is 16.0 Å². The minimum atomic E-state index is -0.387. The quantitative estimate of drug-likeness (QED) is 0.658. The molecule has 0 unspecified atom stereocenters. The van der Waals surface area contributed by atoms with Crippen LogP contribution in [0.5, 0.6) is 0 Å². The van der Waals surface area contributed by atoms with Crippen molar-refractivity contribution in [3.63, 3.8) is 0 Å². The predicted molar refractivity (Wildman–Crippen MR) is 119 cm³/mol. The molecule has 0 spiro atoms. The van der Waals surface area contributed by atoms with Crippen molar-refractivity contribution in [1.29, 1.82) is 0 Å². The van der Waals surface area contributed by atoms with Gasteiger partial charge in [-0.3, -0.25) is 9.59 Å². The van der Waals surface area contributed by atoms with Gasteiger partial charge in [0.15, 0.2) is 11.5 Å². The normalized spacial score (nSPS) is 14.0. The van der Waals surface area contributed by atoms with E-state index in [0.29, 0.717) is 26.2 Å². The van der Waals surface area contributed by atoms with Crippen LogP contribution in [0.3, 0.4) is 0 Å². The summed E-state index contributed by atoms with van der Waals surface area (Å²) in [6, 6.07) is 8.10. The van der Waals surface area contributed by atoms with Crippen LogP contribution in [-0.2, 0) is 11.3 Å². The fourth-order valence-corrected chi connectivity index (χ4v) is 3.80. The molecule has 2 amide bonds. The summed E-state index contributed by atoms with van der Waals surface area (Å²) in [6.45, 7) is 6.55. The van der Waals surface area contributed by atoms with Gasteiger partial charge in [0.2, 0.25) is 5.91 Å². The van der Waals surface area contributed by atoms with Crippen molar-refractivity contribution in [3.8, 4) is 0 Å². The lowest BCUT2D eigenvalue weighted by Crippen LogP contribution is -2.48. The molecule has 1 aliphatic heterocycles. The highest BCUT2D eigenvalue weighted by Crippen LogP contribution is 2.26. The molecule has 1 fully saturated rings. The number of nitrogen functional groups attached to an aromatic ring is 1. The van der Waals surface area contributed by atoms with Crippen molar-refractivity contribution in [1.82, 2.24) is 25.2 Å². The molecule has 9 heteroatoms. The van der Waals surface area contributed by atoms with Crippen LogP contribution in [0.1, 0.15) is 28.5 Å². The van der Waals surface area contributed by atoms with Crippen LogP contribution in [0.25, 0.3) is 10.9 Å². The average molecular weight is 419 g/mol. The number of nitrogens with zero attached hydrogens (tertiary/aromatic N) is 5. The molecule has 160 valence electrons. The lowest BCUT2D eigenvalue weighted by atomic mass is 10.1. The Hall–Kier alpha value is -3.75. The maximum atomic E-state index is 12.6. The van der Waals surface area contributed by atoms with E-state index in [-0.39, 0.29) is 29.9 Å². The van der Waals surface area contributed by atoms with Gasteiger partial charge in [0.1, 0.15) is 5.82 Å². The zero-order valence-electron chi connectivity index (χ0n) is 17.6. The molecule has 0 saturated carbocycles. The number of carbonyl (C=O) groups excluding carboxylic acids is 2. The van der Waals surface area contributed by atoms with Crippen LogP contribution in [-0.4, -0.2) is 57.8 Å². The smallest absolute Gasteiger partial charge is 0.273 e. The maximum Gasteiger partial charge on any atom is 0.273 e. The third-order valence-electron chi connectivity index (χ3n) is 5.51. The molecule has 3 heterocycles. The number of benzene rings is 1. The molecule has 2 aromatic heterocycles. The molecular formula is C22H25N7O2. The second-order valence-corrected chi connectivity index (χ2v) is 7.58. The highest BCUT2D eigenvalue weighted by Gasteiger charge is 2.23. The number of hydrogen-bond acceptors (Lipinski definition) is 7. The van der Waals surface area contributed by atoms with Crippen LogP contribution >= 0.6 is 0 Å². The van der Waals surface area contributed by atoms with Gasteiger partial charge in [0.25, 0.3) is 5.91 Å². The number of para-hydroxylation sites is 1. The number of fused-ring (bicyclic) bond motifs is 1. The molecule has 31 heavy (non-hydrogen) atoms. The summed E-state index contributed by atoms with van der Waals surface area (Å²) in [7, 11) is 0. The number of nitrogens with one attached hydrogen (secondary N) is 1. The third-order valence-corrected chi connectivity index (χ3v) is 5.51. The molecule has 3 N–H and O–H groups in total. The van der Waals surface area contributed by atoms with Crippen molar-refractivity contribution in [3.05, 3.63) is 53.5 Å². The van der Waals surface area contributed by atoms with Crippen molar-refractivity contribution in [2.45, 2.75) is 20.4 Å². The molecular weight excluding hydrogens is 394 g/mol. The van der Waals surface area contributed by atoms with Crippen LogP contribution in [0.15, 0.2) is 36.7 Å². The van der Waals surface area contributed by atoms with E-state index in [4.69, 9.17) is 10.7 Å². The lowest BCUT2D eigenvalue weighted by molar-refractivity contribution is -0.129. The number of anilines is 2. The Balaban J connectivity index is 1.63. The Morgan fingerprint density at radius 1 is 1.13 bits per heavy atom. The Morgan fingerprint density at radius 2 is 1.87 bits per heavy atom. The van der Waals surface area contributed by atoms with Crippen LogP contribution in [0, 0.1) is 6.92 Å². The molecule has 1 aromatic carbocycles. The van der Waals surface area contributed by atoms with Gasteiger partial charge in [-0.25, -0.2) is 15.0 Å². The molecule has 0 atom stereocenters. The van der Waals surface area contributed by atoms with Gasteiger partial charge >= 0.3 is 0 Å². The summed E-state index contributed by atoms with van der Waals surface area (Å²) in [6.07, 6.45) is 2.88. The second kappa shape index (κ2) is 8.55. The summed E-state index contributed by atoms with van der Waals surface area (Å²) < 4.78 is 0. The summed E-state index contributed by atoms with van der Waals surface area (Å²) in [4.78, 5) is 41.2. The van der Waals surface area contributed by atoms with Gasteiger partial charge in [-0.1, -0.05) is 18.2 Å². The van der Waals surface area contributed by atoms with Gasteiger partial charge in [-0.05, 0) is 18.6 Å². The SMILES string of the molecule is CC(=O)N1CCN(c2nc3c(C)cccc3cc2CNC(=O)c2nccnc2N)CC1. The van der Waals surface area contributed by atoms with Crippen molar-refractivity contribution in [2.24, 2.45) is 0 Å². The summed E-state index contributed by atoms with van der Waals surface area (Å²) >= 11 is 0. The fourth-order valence-electron chi connectivity index (χ4n) is 3.80. The highest BCUT2D eigenvalue weighted by molar-refractivity contribution is 5.96. The predicted octanol–water partition coefficient (Wildman–Crippen LogP) is 1.51. The van der Waals surface area contributed by atoms with Gasteiger partial charge in [-0.2, -0.15) is 0 Å². The number of hydrogen-bond donors (Lipinski definition) is 2. The molecule has 3 aromatic rings. The van der Waals surface area contributed by atoms with E-state index in [2.05, 4.69) is 26.3 Å². The monoisotopic (exact) mass is 419 g/mol. The number of piperazine rings is 1. The number of nitrogens with two attached hydrogens (primary N) is 1. The number of rotatable bonds is 4. The first-order valence-electron chi connectivity index (χ1n) is 10.2. The van der Waals surface area contributed by atoms with E-state index < -0.39 is 0 Å². The third kappa shape index (κ3) is 4.25. The summed E-state index contributed by atoms with van der Waals surface area (Å²) in [5, 5.41) is 3.90. The second-order valence-electron chi connectivity index (χ2n) is 7.58. The van der Waals surface area contributed by atoms with Gasteiger partial charge in [-0.15, -0.1) is 0 Å². The Morgan fingerprint density at radius 3 is 2.58 bits per heavy atom. The lowest BCUT2D eigenvalue weighted by Gasteiger charge is -2.36. The maximum absolute atomic E-state index is 12.6. The molecule has 0 aliphatic carbocycles. The Kier molecular flexibility index (Phi) is 5.66. The van der Waals surface area contributed by atoms with E-state index >= 15 is 0 Å². The first kappa shape index (κ1) is 20.5. The number of carbonyl (C=O) groups is 2. The zero-order valence-corrected chi connectivity index (χ0v) is 17.6. The molecule has 1 aliphatic rings. The van der Waals surface area contributed by atoms with Crippen LogP contribution in [0.4, 0.5) is 11.6 Å². The van der Waals surface area contributed by atoms with E-state index in [9.17, 15) is 9.59 Å². The Bertz CT molecular complexity index is 1140. The van der Waals surface area contributed by atoms with Gasteiger partial charge < -0.3 is 20.9 Å². The average Bonchev–Trinajstić information content (AvgIpc) is 2.77. The number of pyridine rings is 1. The molecule has 4 rings (SSSR count). The molecule has 9 nitrogen and oxygen atoms in total. The zero-order chi connectivity index (χ0) is 22.0. The summed E-state index contributed by atoms with van der Waals surface area (Å²) in [5.41, 5.74) is 8.79. The number of aryl methyl sites for hydroxylation is 1. The topological polar surface area (TPSA) is 117 Å². The van der Waals surface area contributed by atoms with Gasteiger partial charge in [0.05, 0.1) is 5.52 Å². The van der Waals surface area contributed by atoms with E-state index in [1.54, 1.807) is 6.92 Å². The van der Waals surface area contributed by atoms with Crippen LogP contribution in [0.2, 0.25) is 0 Å². The van der Waals surface area contributed by atoms with E-state index in [1.165, 1.54) is 12.4 Å².